The van der Waals surface area contributed by atoms with E-state index in [1.807, 2.05) is 58.0 Å². The lowest BCUT2D eigenvalue weighted by Gasteiger charge is -2.14. The third-order valence-electron chi connectivity index (χ3n) is 4.94. The molecule has 1 aromatic heterocycles. The number of amides is 1. The van der Waals surface area contributed by atoms with Crippen LogP contribution < -0.4 is 4.74 Å². The van der Waals surface area contributed by atoms with Crippen molar-refractivity contribution in [3.63, 3.8) is 0 Å². The van der Waals surface area contributed by atoms with Gasteiger partial charge in [0.2, 0.25) is 0 Å². The highest BCUT2D eigenvalue weighted by Crippen LogP contribution is 2.28. The van der Waals surface area contributed by atoms with E-state index in [2.05, 4.69) is 25.3 Å². The number of unbranched alkanes of at least 4 members (excludes halogenated alkanes) is 1. The SMILES string of the molecule is CCCCN1Cn2cc(-c3ccc(OCc4ccccc4)cc3)cc2C1=O. The molecule has 0 atom stereocenters. The summed E-state index contributed by atoms with van der Waals surface area (Å²) in [4.78, 5) is 14.4. The number of hydrogen-bond donors (Lipinski definition) is 0. The molecule has 2 heterocycles. The first-order valence-corrected chi connectivity index (χ1v) is 9.51. The Balaban J connectivity index is 1.42. The quantitative estimate of drug-likeness (QED) is 0.598. The Kier molecular flexibility index (Phi) is 4.97. The van der Waals surface area contributed by atoms with Gasteiger partial charge in [-0.05, 0) is 35.7 Å². The van der Waals surface area contributed by atoms with E-state index < -0.39 is 0 Å². The van der Waals surface area contributed by atoms with Crippen molar-refractivity contribution in [2.75, 3.05) is 6.54 Å². The Bertz CT molecular complexity index is 913. The molecule has 3 aromatic rings. The van der Waals surface area contributed by atoms with E-state index in [1.165, 1.54) is 0 Å². The summed E-state index contributed by atoms with van der Waals surface area (Å²) in [6.07, 6.45) is 4.22. The lowest BCUT2D eigenvalue weighted by molar-refractivity contribution is 0.0767. The van der Waals surface area contributed by atoms with Gasteiger partial charge in [0.15, 0.2) is 0 Å². The van der Waals surface area contributed by atoms with Crippen molar-refractivity contribution < 1.29 is 9.53 Å². The maximum absolute atomic E-state index is 12.5. The third kappa shape index (κ3) is 3.75. The van der Waals surface area contributed by atoms with E-state index >= 15 is 0 Å². The zero-order chi connectivity index (χ0) is 18.6. The van der Waals surface area contributed by atoms with Crippen molar-refractivity contribution in [2.45, 2.75) is 33.0 Å². The second kappa shape index (κ2) is 7.70. The first-order chi connectivity index (χ1) is 13.2. The van der Waals surface area contributed by atoms with Crippen molar-refractivity contribution in [1.82, 2.24) is 9.47 Å². The number of carbonyl (C=O) groups is 1. The van der Waals surface area contributed by atoms with Gasteiger partial charge in [-0.2, -0.15) is 0 Å². The lowest BCUT2D eigenvalue weighted by atomic mass is 10.1. The summed E-state index contributed by atoms with van der Waals surface area (Å²) in [6, 6.07) is 20.2. The molecule has 4 heteroatoms. The Hall–Kier alpha value is -3.01. The normalized spacial score (nSPS) is 13.1. The summed E-state index contributed by atoms with van der Waals surface area (Å²) in [5.41, 5.74) is 4.10. The molecule has 138 valence electrons. The minimum absolute atomic E-state index is 0.137. The third-order valence-corrected chi connectivity index (χ3v) is 4.94. The number of hydrogen-bond acceptors (Lipinski definition) is 2. The summed E-state index contributed by atoms with van der Waals surface area (Å²) in [6.45, 7) is 4.20. The van der Waals surface area contributed by atoms with Crippen LogP contribution >= 0.6 is 0 Å². The number of ether oxygens (including phenoxy) is 1. The van der Waals surface area contributed by atoms with Gasteiger partial charge in [0.05, 0.1) is 6.67 Å². The van der Waals surface area contributed by atoms with Gasteiger partial charge in [0.25, 0.3) is 5.91 Å². The summed E-state index contributed by atoms with van der Waals surface area (Å²) in [7, 11) is 0. The molecular formula is C23H24N2O2. The highest BCUT2D eigenvalue weighted by atomic mass is 16.5. The molecule has 0 spiro atoms. The fraction of sp³-hybridized carbons (Fsp3) is 0.261. The first kappa shape index (κ1) is 17.4. The highest BCUT2D eigenvalue weighted by molar-refractivity contribution is 5.96. The van der Waals surface area contributed by atoms with Gasteiger partial charge in [-0.3, -0.25) is 4.79 Å². The molecule has 0 aliphatic carbocycles. The van der Waals surface area contributed by atoms with E-state index in [0.717, 1.165) is 47.5 Å². The van der Waals surface area contributed by atoms with E-state index in [1.54, 1.807) is 0 Å². The molecule has 2 aromatic carbocycles. The molecule has 0 fully saturated rings. The fourth-order valence-corrected chi connectivity index (χ4v) is 3.38. The maximum atomic E-state index is 12.5. The summed E-state index contributed by atoms with van der Waals surface area (Å²) in [5, 5.41) is 0. The van der Waals surface area contributed by atoms with Gasteiger partial charge >= 0.3 is 0 Å². The van der Waals surface area contributed by atoms with Crippen LogP contribution in [0.15, 0.2) is 66.9 Å². The molecule has 27 heavy (non-hydrogen) atoms. The highest BCUT2D eigenvalue weighted by Gasteiger charge is 2.27. The van der Waals surface area contributed by atoms with E-state index in [4.69, 9.17) is 4.74 Å². The molecule has 0 saturated heterocycles. The predicted octanol–water partition coefficient (Wildman–Crippen LogP) is 4.95. The van der Waals surface area contributed by atoms with E-state index in [-0.39, 0.29) is 5.91 Å². The molecule has 0 unspecified atom stereocenters. The van der Waals surface area contributed by atoms with E-state index in [0.29, 0.717) is 13.3 Å². The van der Waals surface area contributed by atoms with Crippen molar-refractivity contribution in [2.24, 2.45) is 0 Å². The number of nitrogens with zero attached hydrogens (tertiary/aromatic N) is 2. The van der Waals surface area contributed by atoms with Crippen LogP contribution in [0.5, 0.6) is 5.75 Å². The van der Waals surface area contributed by atoms with Crippen LogP contribution in [0.4, 0.5) is 0 Å². The summed E-state index contributed by atoms with van der Waals surface area (Å²) in [5.74, 6) is 0.980. The van der Waals surface area contributed by atoms with Crippen LogP contribution in [0.25, 0.3) is 11.1 Å². The Morgan fingerprint density at radius 3 is 2.48 bits per heavy atom. The molecule has 0 bridgehead atoms. The molecule has 1 aliphatic heterocycles. The van der Waals surface area contributed by atoms with Crippen LogP contribution in [0.1, 0.15) is 35.8 Å². The molecule has 1 amide bonds. The molecule has 0 radical (unpaired) electrons. The molecule has 4 rings (SSSR count). The van der Waals surface area contributed by atoms with Crippen molar-refractivity contribution in [3.8, 4) is 16.9 Å². The summed E-state index contributed by atoms with van der Waals surface area (Å²) >= 11 is 0. The van der Waals surface area contributed by atoms with Crippen LogP contribution in [0, 0.1) is 0 Å². The largest absolute Gasteiger partial charge is 0.489 e. The molecule has 0 N–H and O–H groups in total. The Morgan fingerprint density at radius 1 is 1.00 bits per heavy atom. The van der Waals surface area contributed by atoms with Crippen molar-refractivity contribution >= 4 is 5.91 Å². The number of carbonyl (C=O) groups excluding carboxylic acids is 1. The Labute approximate surface area is 160 Å². The lowest BCUT2D eigenvalue weighted by Crippen LogP contribution is -2.25. The smallest absolute Gasteiger partial charge is 0.271 e. The average Bonchev–Trinajstić information content (AvgIpc) is 3.25. The zero-order valence-corrected chi connectivity index (χ0v) is 15.6. The van der Waals surface area contributed by atoms with Crippen LogP contribution in [-0.2, 0) is 13.3 Å². The van der Waals surface area contributed by atoms with Gasteiger partial charge in [-0.25, -0.2) is 0 Å². The second-order valence-corrected chi connectivity index (χ2v) is 6.95. The second-order valence-electron chi connectivity index (χ2n) is 6.95. The number of aromatic nitrogens is 1. The predicted molar refractivity (Wildman–Crippen MR) is 107 cm³/mol. The number of rotatable bonds is 7. The summed E-state index contributed by atoms with van der Waals surface area (Å²) < 4.78 is 7.90. The van der Waals surface area contributed by atoms with Crippen LogP contribution in [-0.4, -0.2) is 21.9 Å². The fourth-order valence-electron chi connectivity index (χ4n) is 3.38. The number of fused-ring (bicyclic) bond motifs is 1. The molecular weight excluding hydrogens is 336 g/mol. The zero-order valence-electron chi connectivity index (χ0n) is 15.6. The molecule has 0 saturated carbocycles. The average molecular weight is 360 g/mol. The van der Waals surface area contributed by atoms with Crippen LogP contribution in [0.2, 0.25) is 0 Å². The standard InChI is InChI=1S/C23H24N2O2/c1-2-3-13-24-17-25-15-20(14-22(25)23(24)26)19-9-11-21(12-10-19)27-16-18-7-5-4-6-8-18/h4-12,14-15H,2-3,13,16-17H2,1H3. The van der Waals surface area contributed by atoms with Gasteiger partial charge < -0.3 is 14.2 Å². The molecule has 4 nitrogen and oxygen atoms in total. The maximum Gasteiger partial charge on any atom is 0.271 e. The Morgan fingerprint density at radius 2 is 1.78 bits per heavy atom. The van der Waals surface area contributed by atoms with Crippen molar-refractivity contribution in [1.29, 1.82) is 0 Å². The molecule has 1 aliphatic rings. The minimum atomic E-state index is 0.137. The minimum Gasteiger partial charge on any atom is -0.489 e. The van der Waals surface area contributed by atoms with Gasteiger partial charge in [0, 0.05) is 18.3 Å². The van der Waals surface area contributed by atoms with Gasteiger partial charge in [-0.1, -0.05) is 55.8 Å². The van der Waals surface area contributed by atoms with Gasteiger partial charge in [-0.15, -0.1) is 0 Å². The van der Waals surface area contributed by atoms with E-state index in [9.17, 15) is 4.79 Å². The van der Waals surface area contributed by atoms with Crippen LogP contribution in [0.3, 0.4) is 0 Å². The monoisotopic (exact) mass is 360 g/mol. The van der Waals surface area contributed by atoms with Gasteiger partial charge in [0.1, 0.15) is 18.1 Å². The number of benzene rings is 2. The van der Waals surface area contributed by atoms with Crippen molar-refractivity contribution in [3.05, 3.63) is 78.1 Å². The topological polar surface area (TPSA) is 34.5 Å². The first-order valence-electron chi connectivity index (χ1n) is 9.51.